The number of hydrogen-bond acceptors (Lipinski definition) is 7. The minimum absolute atomic E-state index is 0.0669. The summed E-state index contributed by atoms with van der Waals surface area (Å²) in [5.74, 6) is 1.46. The van der Waals surface area contributed by atoms with Crippen molar-refractivity contribution in [3.63, 3.8) is 0 Å². The lowest BCUT2D eigenvalue weighted by atomic mass is 10.1. The fourth-order valence-corrected chi connectivity index (χ4v) is 4.49. The second kappa shape index (κ2) is 7.54. The van der Waals surface area contributed by atoms with Gasteiger partial charge < -0.3 is 29.6 Å². The van der Waals surface area contributed by atoms with Crippen LogP contribution in [0.25, 0.3) is 11.0 Å². The van der Waals surface area contributed by atoms with Crippen molar-refractivity contribution in [3.05, 3.63) is 48.0 Å². The van der Waals surface area contributed by atoms with Crippen molar-refractivity contribution < 1.29 is 19.7 Å². The van der Waals surface area contributed by atoms with Gasteiger partial charge in [-0.15, -0.1) is 0 Å². The number of fused-ring (bicyclic) bond motifs is 2. The Labute approximate surface area is 174 Å². The van der Waals surface area contributed by atoms with Crippen LogP contribution in [0.5, 0.6) is 11.5 Å². The van der Waals surface area contributed by atoms with Crippen molar-refractivity contribution in [1.29, 1.82) is 0 Å². The van der Waals surface area contributed by atoms with E-state index in [1.807, 2.05) is 48.9 Å². The first-order chi connectivity index (χ1) is 14.5. The molecule has 1 aliphatic heterocycles. The molecule has 0 bridgehead atoms. The quantitative estimate of drug-likeness (QED) is 0.604. The summed E-state index contributed by atoms with van der Waals surface area (Å²) in [6.07, 6.45) is 1.43. The number of rotatable bonds is 3. The fourth-order valence-electron chi connectivity index (χ4n) is 4.49. The summed E-state index contributed by atoms with van der Waals surface area (Å²) in [4.78, 5) is 8.61. The van der Waals surface area contributed by atoms with Gasteiger partial charge in [-0.05, 0) is 32.0 Å². The molecule has 30 heavy (non-hydrogen) atoms. The summed E-state index contributed by atoms with van der Waals surface area (Å²) < 4.78 is 14.1. The number of nitrogens with one attached hydrogen (secondary N) is 1. The van der Waals surface area contributed by atoms with Gasteiger partial charge in [0.2, 0.25) is 0 Å². The third-order valence-electron chi connectivity index (χ3n) is 6.09. The standard InChI is InChI=1S/C22H26N4O4/c1-12-9-23-10-15-17(29-12)4-3-5-18(15)30-19-8-16(20(27)21(19)28)26-7-6-14-13(2)24-11-25-22(14)26/h3-7,11-12,16,19-21,23,27-28H,8-10H2,1-2H3/t12-,16-,19?,20+,21-/m1/s1. The lowest BCUT2D eigenvalue weighted by molar-refractivity contribution is -0.0166. The topological polar surface area (TPSA) is 102 Å². The van der Waals surface area contributed by atoms with E-state index in [2.05, 4.69) is 15.3 Å². The number of nitrogens with zero attached hydrogens (tertiary/aromatic N) is 3. The zero-order chi connectivity index (χ0) is 20.8. The van der Waals surface area contributed by atoms with E-state index in [9.17, 15) is 10.2 Å². The molecule has 1 saturated carbocycles. The largest absolute Gasteiger partial charge is 0.489 e. The van der Waals surface area contributed by atoms with Gasteiger partial charge in [0.05, 0.1) is 11.7 Å². The summed E-state index contributed by atoms with van der Waals surface area (Å²) >= 11 is 0. The fraction of sp³-hybridized carbons (Fsp3) is 0.455. The average molecular weight is 410 g/mol. The molecule has 1 aromatic carbocycles. The summed E-state index contributed by atoms with van der Waals surface area (Å²) in [6.45, 7) is 5.33. The molecule has 3 heterocycles. The first kappa shape index (κ1) is 19.3. The van der Waals surface area contributed by atoms with E-state index in [1.165, 1.54) is 6.33 Å². The van der Waals surface area contributed by atoms with Crippen molar-refractivity contribution >= 4 is 11.0 Å². The molecule has 0 radical (unpaired) electrons. The number of aromatic nitrogens is 3. The van der Waals surface area contributed by atoms with E-state index < -0.39 is 18.3 Å². The average Bonchev–Trinajstić information content (AvgIpc) is 3.20. The minimum Gasteiger partial charge on any atom is -0.489 e. The summed E-state index contributed by atoms with van der Waals surface area (Å²) in [6, 6.07) is 7.31. The van der Waals surface area contributed by atoms with Crippen LogP contribution in [0, 0.1) is 6.92 Å². The van der Waals surface area contributed by atoms with E-state index in [-0.39, 0.29) is 12.1 Å². The monoisotopic (exact) mass is 410 g/mol. The highest BCUT2D eigenvalue weighted by Crippen LogP contribution is 2.38. The zero-order valence-electron chi connectivity index (χ0n) is 17.0. The molecule has 2 aromatic heterocycles. The van der Waals surface area contributed by atoms with Crippen molar-refractivity contribution in [1.82, 2.24) is 19.9 Å². The summed E-state index contributed by atoms with van der Waals surface area (Å²) in [7, 11) is 0. The van der Waals surface area contributed by atoms with E-state index >= 15 is 0 Å². The molecular formula is C22H26N4O4. The van der Waals surface area contributed by atoms with Crippen molar-refractivity contribution in [2.75, 3.05) is 6.54 Å². The Morgan fingerprint density at radius 1 is 1.20 bits per heavy atom. The highest BCUT2D eigenvalue weighted by atomic mass is 16.5. The van der Waals surface area contributed by atoms with Crippen LogP contribution in [0.3, 0.4) is 0 Å². The Balaban J connectivity index is 1.42. The number of benzene rings is 1. The normalized spacial score (nSPS) is 28.7. The lowest BCUT2D eigenvalue weighted by Gasteiger charge is -2.21. The maximum Gasteiger partial charge on any atom is 0.143 e. The van der Waals surface area contributed by atoms with Crippen molar-refractivity contribution in [3.8, 4) is 11.5 Å². The molecule has 8 heteroatoms. The molecule has 0 saturated heterocycles. The van der Waals surface area contributed by atoms with E-state index in [4.69, 9.17) is 9.47 Å². The van der Waals surface area contributed by atoms with Crippen molar-refractivity contribution in [2.24, 2.45) is 0 Å². The number of aryl methyl sites for hydroxylation is 1. The van der Waals surface area contributed by atoms with E-state index in [1.54, 1.807) is 0 Å². The number of ether oxygens (including phenoxy) is 2. The van der Waals surface area contributed by atoms with Crippen LogP contribution < -0.4 is 14.8 Å². The second-order valence-corrected chi connectivity index (χ2v) is 8.15. The molecule has 1 fully saturated rings. The molecule has 5 rings (SSSR count). The van der Waals surface area contributed by atoms with Gasteiger partial charge in [0.1, 0.15) is 47.9 Å². The predicted octanol–water partition coefficient (Wildman–Crippen LogP) is 1.72. The highest BCUT2D eigenvalue weighted by Gasteiger charge is 2.44. The van der Waals surface area contributed by atoms with Gasteiger partial charge in [-0.3, -0.25) is 0 Å². The Kier molecular flexibility index (Phi) is 4.85. The molecule has 1 aliphatic carbocycles. The maximum absolute atomic E-state index is 10.8. The Morgan fingerprint density at radius 3 is 2.93 bits per heavy atom. The molecule has 5 atom stereocenters. The van der Waals surface area contributed by atoms with Gasteiger partial charge >= 0.3 is 0 Å². The SMILES string of the molecule is Cc1ncnc2c1ccn2[C@@H]1CC(Oc2cccc3c2CNC[C@@H](C)O3)[C@@H](O)[C@H]1O. The van der Waals surface area contributed by atoms with Crippen LogP contribution in [0.4, 0.5) is 0 Å². The van der Waals surface area contributed by atoms with Crippen LogP contribution in [0.1, 0.15) is 30.6 Å². The maximum atomic E-state index is 10.8. The molecule has 1 unspecified atom stereocenters. The summed E-state index contributed by atoms with van der Waals surface area (Å²) in [5.41, 5.74) is 2.56. The van der Waals surface area contributed by atoms with Gasteiger partial charge in [-0.25, -0.2) is 9.97 Å². The highest BCUT2D eigenvalue weighted by molar-refractivity contribution is 5.78. The molecule has 0 spiro atoms. The number of hydrogen-bond donors (Lipinski definition) is 3. The molecule has 3 aromatic rings. The molecule has 3 N–H and O–H groups in total. The first-order valence-corrected chi connectivity index (χ1v) is 10.3. The van der Waals surface area contributed by atoms with E-state index in [0.717, 1.165) is 34.6 Å². The Morgan fingerprint density at radius 2 is 2.07 bits per heavy atom. The first-order valence-electron chi connectivity index (χ1n) is 10.3. The van der Waals surface area contributed by atoms with Crippen LogP contribution >= 0.6 is 0 Å². The van der Waals surface area contributed by atoms with Gasteiger partial charge in [0, 0.05) is 36.7 Å². The molecule has 2 aliphatic rings. The Bertz CT molecular complexity index is 1070. The number of aliphatic hydroxyl groups excluding tert-OH is 2. The van der Waals surface area contributed by atoms with Crippen LogP contribution in [-0.2, 0) is 6.54 Å². The van der Waals surface area contributed by atoms with Gasteiger partial charge in [-0.2, -0.15) is 0 Å². The van der Waals surface area contributed by atoms with Gasteiger partial charge in [-0.1, -0.05) is 6.07 Å². The van der Waals surface area contributed by atoms with Crippen molar-refractivity contribution in [2.45, 2.75) is 57.3 Å². The van der Waals surface area contributed by atoms with Crippen LogP contribution in [0.2, 0.25) is 0 Å². The molecular weight excluding hydrogens is 384 g/mol. The Hall–Kier alpha value is -2.68. The minimum atomic E-state index is -1.01. The second-order valence-electron chi connectivity index (χ2n) is 8.15. The smallest absolute Gasteiger partial charge is 0.143 e. The molecule has 0 amide bonds. The molecule has 158 valence electrons. The van der Waals surface area contributed by atoms with Crippen LogP contribution in [-0.4, -0.2) is 55.7 Å². The third kappa shape index (κ3) is 3.21. The lowest BCUT2D eigenvalue weighted by Crippen LogP contribution is -2.34. The zero-order valence-corrected chi connectivity index (χ0v) is 17.0. The van der Waals surface area contributed by atoms with Gasteiger partial charge in [0.15, 0.2) is 0 Å². The third-order valence-corrected chi connectivity index (χ3v) is 6.09. The van der Waals surface area contributed by atoms with Crippen LogP contribution in [0.15, 0.2) is 36.8 Å². The van der Waals surface area contributed by atoms with Gasteiger partial charge in [0.25, 0.3) is 0 Å². The van der Waals surface area contributed by atoms with E-state index in [0.29, 0.717) is 18.7 Å². The number of aliphatic hydroxyl groups is 2. The molecule has 8 nitrogen and oxygen atoms in total. The summed E-state index contributed by atoms with van der Waals surface area (Å²) in [5, 5.41) is 25.8. The predicted molar refractivity (Wildman–Crippen MR) is 111 cm³/mol.